The topological polar surface area (TPSA) is 3.24 Å². The molecule has 0 atom stereocenters. The Balaban J connectivity index is 1.35. The Morgan fingerprint density at radius 1 is 0.315 bits per heavy atom. The molecule has 0 heterocycles. The summed E-state index contributed by atoms with van der Waals surface area (Å²) >= 11 is 0. The van der Waals surface area contributed by atoms with E-state index in [0.717, 1.165) is 17.1 Å². The number of benzene rings is 9. The van der Waals surface area contributed by atoms with Crippen molar-refractivity contribution < 1.29 is 0 Å². The summed E-state index contributed by atoms with van der Waals surface area (Å²) in [6.07, 6.45) is 0. The first-order valence-electron chi connectivity index (χ1n) is 18.7. The first kappa shape index (κ1) is 31.7. The predicted molar refractivity (Wildman–Crippen MR) is 227 cm³/mol. The summed E-state index contributed by atoms with van der Waals surface area (Å²) < 4.78 is 0. The van der Waals surface area contributed by atoms with Crippen LogP contribution in [0.25, 0.3) is 44.2 Å². The van der Waals surface area contributed by atoms with Crippen molar-refractivity contribution in [3.05, 3.63) is 247 Å². The van der Waals surface area contributed by atoms with Gasteiger partial charge in [-0.25, -0.2) is 0 Å². The van der Waals surface area contributed by atoms with Crippen LogP contribution in [-0.2, 0) is 5.41 Å². The van der Waals surface area contributed by atoms with Gasteiger partial charge in [-0.15, -0.1) is 0 Å². The summed E-state index contributed by atoms with van der Waals surface area (Å²) in [5.74, 6) is 0. The van der Waals surface area contributed by atoms with Gasteiger partial charge in [0.05, 0.1) is 16.8 Å². The molecule has 0 saturated heterocycles. The average Bonchev–Trinajstić information content (AvgIpc) is 3.56. The second-order valence-corrected chi connectivity index (χ2v) is 14.0. The quantitative estimate of drug-likeness (QED) is 0.161. The van der Waals surface area contributed by atoms with Crippen LogP contribution in [0, 0.1) is 0 Å². The highest BCUT2D eigenvalue weighted by Crippen LogP contribution is 2.60. The summed E-state index contributed by atoms with van der Waals surface area (Å²) in [6, 6.07) is 82.1. The molecule has 10 rings (SSSR count). The minimum absolute atomic E-state index is 0.560. The van der Waals surface area contributed by atoms with Crippen LogP contribution in [-0.4, -0.2) is 0 Å². The van der Waals surface area contributed by atoms with Gasteiger partial charge in [-0.05, 0) is 85.8 Å². The van der Waals surface area contributed by atoms with Crippen LogP contribution >= 0.6 is 0 Å². The Hall–Kier alpha value is -6.96. The van der Waals surface area contributed by atoms with E-state index < -0.39 is 5.41 Å². The van der Waals surface area contributed by atoms with E-state index in [4.69, 9.17) is 0 Å². The smallest absolute Gasteiger partial charge is 0.0719 e. The highest BCUT2D eigenvalue weighted by molar-refractivity contribution is 6.09. The molecule has 1 aliphatic carbocycles. The van der Waals surface area contributed by atoms with Gasteiger partial charge in [0.2, 0.25) is 0 Å². The number of anilines is 3. The fourth-order valence-corrected chi connectivity index (χ4v) is 8.85. The second kappa shape index (κ2) is 13.2. The lowest BCUT2D eigenvalue weighted by Gasteiger charge is -2.36. The molecule has 0 amide bonds. The van der Waals surface area contributed by atoms with Crippen LogP contribution < -0.4 is 4.90 Å². The van der Waals surface area contributed by atoms with Gasteiger partial charge in [0, 0.05) is 16.6 Å². The molecular weight excluding hydrogens is 651 g/mol. The first-order chi connectivity index (χ1) is 26.8. The second-order valence-electron chi connectivity index (χ2n) is 14.0. The van der Waals surface area contributed by atoms with Gasteiger partial charge in [0.25, 0.3) is 0 Å². The highest BCUT2D eigenvalue weighted by atomic mass is 15.1. The standard InChI is InChI=1S/C53H37N/c1-6-20-38(21-7-1)40-34-35-45-48-37-51(54(43-28-14-5-15-29-43)50-33-19-18-30-44(50)39-22-8-2-9-23-39)46-31-16-17-32-47(46)52(48)53(49(45)36-40,41-24-10-3-11-25-41)42-26-12-4-13-27-42/h1-37H. The maximum Gasteiger partial charge on any atom is 0.0719 e. The van der Waals surface area contributed by atoms with E-state index in [1.54, 1.807) is 0 Å². The van der Waals surface area contributed by atoms with Gasteiger partial charge in [-0.3, -0.25) is 0 Å². The van der Waals surface area contributed by atoms with Crippen molar-refractivity contribution in [1.82, 2.24) is 0 Å². The van der Waals surface area contributed by atoms with Crippen molar-refractivity contribution in [3.8, 4) is 33.4 Å². The fourth-order valence-electron chi connectivity index (χ4n) is 8.85. The molecule has 0 unspecified atom stereocenters. The van der Waals surface area contributed by atoms with Gasteiger partial charge in [0.15, 0.2) is 0 Å². The molecule has 0 bridgehead atoms. The Morgan fingerprint density at radius 2 is 0.833 bits per heavy atom. The largest absolute Gasteiger partial charge is 0.309 e. The molecule has 0 saturated carbocycles. The van der Waals surface area contributed by atoms with Crippen LogP contribution in [0.5, 0.6) is 0 Å². The van der Waals surface area contributed by atoms with Gasteiger partial charge in [0.1, 0.15) is 0 Å². The van der Waals surface area contributed by atoms with Crippen LogP contribution in [0.1, 0.15) is 22.3 Å². The molecule has 254 valence electrons. The number of hydrogen-bond donors (Lipinski definition) is 0. The van der Waals surface area contributed by atoms with Crippen molar-refractivity contribution in [2.24, 2.45) is 0 Å². The van der Waals surface area contributed by atoms with Gasteiger partial charge in [-0.1, -0.05) is 194 Å². The number of hydrogen-bond acceptors (Lipinski definition) is 1. The number of rotatable bonds is 7. The minimum Gasteiger partial charge on any atom is -0.309 e. The summed E-state index contributed by atoms with van der Waals surface area (Å²) in [5.41, 5.74) is 15.3. The van der Waals surface area contributed by atoms with Gasteiger partial charge < -0.3 is 4.90 Å². The molecule has 54 heavy (non-hydrogen) atoms. The molecule has 0 aromatic heterocycles. The van der Waals surface area contributed by atoms with Crippen molar-refractivity contribution in [1.29, 1.82) is 0 Å². The maximum atomic E-state index is 2.47. The molecule has 9 aromatic rings. The average molecular weight is 688 g/mol. The molecule has 0 radical (unpaired) electrons. The van der Waals surface area contributed by atoms with Crippen molar-refractivity contribution in [2.75, 3.05) is 4.90 Å². The SMILES string of the molecule is c1ccc(-c2ccc3c(c2)C(c2ccccc2)(c2ccccc2)c2c-3cc(N(c3ccccc3)c3ccccc3-c3ccccc3)c3ccccc23)cc1. The van der Waals surface area contributed by atoms with E-state index in [2.05, 4.69) is 229 Å². The monoisotopic (exact) mass is 687 g/mol. The van der Waals surface area contributed by atoms with Crippen molar-refractivity contribution in [2.45, 2.75) is 5.41 Å². The lowest BCUT2D eigenvalue weighted by Crippen LogP contribution is -2.29. The Bertz CT molecular complexity index is 2700. The first-order valence-corrected chi connectivity index (χ1v) is 18.7. The molecule has 0 N–H and O–H groups in total. The lowest BCUT2D eigenvalue weighted by atomic mass is 9.66. The molecular formula is C53H37N. The van der Waals surface area contributed by atoms with E-state index in [1.165, 1.54) is 66.4 Å². The van der Waals surface area contributed by atoms with Crippen LogP contribution in [0.2, 0.25) is 0 Å². The molecule has 1 heteroatoms. The third kappa shape index (κ3) is 5.01. The zero-order valence-corrected chi connectivity index (χ0v) is 29.8. The van der Waals surface area contributed by atoms with Crippen LogP contribution in [0.15, 0.2) is 224 Å². The highest BCUT2D eigenvalue weighted by Gasteiger charge is 2.48. The Labute approximate surface area is 317 Å². The van der Waals surface area contributed by atoms with Gasteiger partial charge >= 0.3 is 0 Å². The summed E-state index contributed by atoms with van der Waals surface area (Å²) in [6.45, 7) is 0. The van der Waals surface area contributed by atoms with Crippen LogP contribution in [0.4, 0.5) is 17.1 Å². The molecule has 0 aliphatic heterocycles. The normalized spacial score (nSPS) is 12.6. The molecule has 1 nitrogen and oxygen atoms in total. The van der Waals surface area contributed by atoms with Crippen LogP contribution in [0.3, 0.4) is 0 Å². The van der Waals surface area contributed by atoms with E-state index in [9.17, 15) is 0 Å². The Kier molecular flexibility index (Phi) is 7.78. The fraction of sp³-hybridized carbons (Fsp3) is 0.0189. The van der Waals surface area contributed by atoms with Crippen molar-refractivity contribution in [3.63, 3.8) is 0 Å². The third-order valence-corrected chi connectivity index (χ3v) is 11.1. The Morgan fingerprint density at radius 3 is 1.48 bits per heavy atom. The number of nitrogens with zero attached hydrogens (tertiary/aromatic N) is 1. The zero-order chi connectivity index (χ0) is 35.9. The summed E-state index contributed by atoms with van der Waals surface area (Å²) in [7, 11) is 0. The molecule has 9 aromatic carbocycles. The van der Waals surface area contributed by atoms with E-state index in [1.807, 2.05) is 0 Å². The zero-order valence-electron chi connectivity index (χ0n) is 29.8. The third-order valence-electron chi connectivity index (χ3n) is 11.1. The molecule has 1 aliphatic rings. The minimum atomic E-state index is -0.560. The lowest BCUT2D eigenvalue weighted by molar-refractivity contribution is 0.776. The number of fused-ring (bicyclic) bond motifs is 5. The summed E-state index contributed by atoms with van der Waals surface area (Å²) in [4.78, 5) is 2.47. The van der Waals surface area contributed by atoms with E-state index >= 15 is 0 Å². The van der Waals surface area contributed by atoms with E-state index in [-0.39, 0.29) is 0 Å². The molecule has 0 fully saturated rings. The maximum absolute atomic E-state index is 2.47. The summed E-state index contributed by atoms with van der Waals surface area (Å²) in [5, 5.41) is 2.45. The number of para-hydroxylation sites is 2. The molecule has 0 spiro atoms. The predicted octanol–water partition coefficient (Wildman–Crippen LogP) is 14.0. The van der Waals surface area contributed by atoms with Crippen molar-refractivity contribution >= 4 is 27.8 Å². The van der Waals surface area contributed by atoms with Gasteiger partial charge in [-0.2, -0.15) is 0 Å². The van der Waals surface area contributed by atoms with E-state index in [0.29, 0.717) is 0 Å².